The topological polar surface area (TPSA) is 187 Å². The van der Waals surface area contributed by atoms with Gasteiger partial charge in [-0.2, -0.15) is 0 Å². The summed E-state index contributed by atoms with van der Waals surface area (Å²) in [5, 5.41) is 14.6. The lowest BCUT2D eigenvalue weighted by molar-refractivity contribution is -0.145. The van der Waals surface area contributed by atoms with Gasteiger partial charge >= 0.3 is 5.97 Å². The Kier molecular flexibility index (Phi) is 14.0. The van der Waals surface area contributed by atoms with Crippen LogP contribution in [-0.4, -0.2) is 81.6 Å². The van der Waals surface area contributed by atoms with Gasteiger partial charge in [0.25, 0.3) is 0 Å². The van der Waals surface area contributed by atoms with Gasteiger partial charge < -0.3 is 41.2 Å². The largest absolute Gasteiger partial charge is 0.496 e. The average Bonchev–Trinajstić information content (AvgIpc) is 3.19. The smallest absolute Gasteiger partial charge is 0.328 e. The summed E-state index contributed by atoms with van der Waals surface area (Å²) in [5.74, 6) is -1.83. The summed E-state index contributed by atoms with van der Waals surface area (Å²) in [4.78, 5) is 66.7. The predicted octanol–water partition coefficient (Wildman–Crippen LogP) is 4.00. The Morgan fingerprint density at radius 2 is 1.39 bits per heavy atom. The molecule has 5 rings (SSSR count). The number of carbonyl (C=O) groups is 5. The van der Waals surface area contributed by atoms with Crippen LogP contribution in [0.1, 0.15) is 50.7 Å². The van der Waals surface area contributed by atoms with Crippen molar-refractivity contribution in [1.82, 2.24) is 21.3 Å². The maximum atomic E-state index is 14.0. The Balaban J connectivity index is 1.73. The van der Waals surface area contributed by atoms with Crippen molar-refractivity contribution in [2.24, 2.45) is 5.73 Å². The fourth-order valence-corrected chi connectivity index (χ4v) is 7.22. The molecule has 0 saturated carbocycles. The van der Waals surface area contributed by atoms with Crippen LogP contribution in [0.15, 0.2) is 72.8 Å². The highest BCUT2D eigenvalue weighted by atomic mass is 16.5. The molecular weight excluding hydrogens is 714 g/mol. The first-order valence-electron chi connectivity index (χ1n) is 18.8. The van der Waals surface area contributed by atoms with Gasteiger partial charge in [0.2, 0.25) is 23.6 Å². The molecule has 0 aromatic heterocycles. The van der Waals surface area contributed by atoms with Crippen LogP contribution in [0.25, 0.3) is 32.7 Å². The number of allylic oxidation sites excluding steroid dienone is 1. The van der Waals surface area contributed by atoms with Crippen molar-refractivity contribution in [3.63, 3.8) is 0 Å². The molecule has 4 aromatic carbocycles. The number of esters is 1. The van der Waals surface area contributed by atoms with Gasteiger partial charge in [0.1, 0.15) is 35.7 Å². The fourth-order valence-electron chi connectivity index (χ4n) is 7.22. The van der Waals surface area contributed by atoms with Crippen molar-refractivity contribution in [1.29, 1.82) is 0 Å². The van der Waals surface area contributed by atoms with Gasteiger partial charge in [0.05, 0.1) is 21.3 Å². The van der Waals surface area contributed by atoms with Crippen LogP contribution < -0.4 is 36.5 Å². The Bertz CT molecular complexity index is 2130. The lowest BCUT2D eigenvalue weighted by Gasteiger charge is -2.25. The van der Waals surface area contributed by atoms with Gasteiger partial charge in [0.15, 0.2) is 0 Å². The minimum absolute atomic E-state index is 0.0163. The zero-order chi connectivity index (χ0) is 40.4. The van der Waals surface area contributed by atoms with Gasteiger partial charge in [-0.25, -0.2) is 4.79 Å². The maximum absolute atomic E-state index is 14.0. The number of nitrogens with one attached hydrogen (secondary N) is 4. The quantitative estimate of drug-likeness (QED) is 0.100. The minimum atomic E-state index is -1.11. The van der Waals surface area contributed by atoms with E-state index in [2.05, 4.69) is 27.3 Å². The lowest BCUT2D eigenvalue weighted by atomic mass is 9.87. The highest BCUT2D eigenvalue weighted by molar-refractivity contribution is 6.11. The van der Waals surface area contributed by atoms with E-state index in [1.54, 1.807) is 20.3 Å². The fraction of sp³-hybridized carbons (Fsp3) is 0.372. The third-order valence-electron chi connectivity index (χ3n) is 9.94. The van der Waals surface area contributed by atoms with E-state index in [9.17, 15) is 24.0 Å². The van der Waals surface area contributed by atoms with Gasteiger partial charge in [-0.1, -0.05) is 60.7 Å². The summed E-state index contributed by atoms with van der Waals surface area (Å²) >= 11 is 0. The van der Waals surface area contributed by atoms with Crippen molar-refractivity contribution in [3.8, 4) is 22.6 Å². The van der Waals surface area contributed by atoms with Crippen LogP contribution in [0, 0.1) is 0 Å². The summed E-state index contributed by atoms with van der Waals surface area (Å²) < 4.78 is 17.5. The van der Waals surface area contributed by atoms with E-state index in [-0.39, 0.29) is 19.3 Å². The van der Waals surface area contributed by atoms with E-state index >= 15 is 0 Å². The molecular formula is C43H51N5O8. The van der Waals surface area contributed by atoms with E-state index in [1.165, 1.54) is 21.0 Å². The Morgan fingerprint density at radius 3 is 1.98 bits per heavy atom. The monoisotopic (exact) mass is 765 g/mol. The van der Waals surface area contributed by atoms with E-state index in [0.29, 0.717) is 42.9 Å². The second-order valence-corrected chi connectivity index (χ2v) is 13.9. The molecule has 1 aliphatic rings. The molecule has 13 heteroatoms. The molecule has 0 aliphatic carbocycles. The number of fused-ring (bicyclic) bond motifs is 9. The van der Waals surface area contributed by atoms with Crippen LogP contribution >= 0.6 is 0 Å². The summed E-state index contributed by atoms with van der Waals surface area (Å²) in [7, 11) is 4.42. The van der Waals surface area contributed by atoms with Crippen LogP contribution in [0.5, 0.6) is 11.5 Å². The number of rotatable bonds is 8. The summed E-state index contributed by atoms with van der Waals surface area (Å²) in [6.07, 6.45) is 5.61. The zero-order valence-corrected chi connectivity index (χ0v) is 32.5. The molecule has 56 heavy (non-hydrogen) atoms. The third kappa shape index (κ3) is 9.46. The highest BCUT2D eigenvalue weighted by Gasteiger charge is 2.31. The molecule has 1 unspecified atom stereocenters. The first kappa shape index (κ1) is 41.2. The molecule has 4 atom stereocenters. The Morgan fingerprint density at radius 1 is 0.786 bits per heavy atom. The van der Waals surface area contributed by atoms with Crippen molar-refractivity contribution in [2.45, 2.75) is 76.5 Å². The van der Waals surface area contributed by atoms with Crippen LogP contribution in [-0.2, 0) is 41.6 Å². The van der Waals surface area contributed by atoms with E-state index in [4.69, 9.17) is 19.9 Å². The number of unbranched alkanes of at least 4 members (excludes halogenated alkanes) is 1. The van der Waals surface area contributed by atoms with Crippen molar-refractivity contribution in [2.75, 3.05) is 27.9 Å². The standard InChI is InChI=1S/C43H51N5O8/c1-25-40(50)47-33(19-12-13-21-44)41(51)48-34(43(53)56-5)20-11-8-16-29-22-27-14-6-9-17-31(27)36(38(29)54-3)37-32-18-10-7-15-28(32)23-30(39(37)55-4)24-35(42(52)45-25)46-26(2)49/h6-11,14-15,17-18,22-23,25,33-35H,12-13,16,19-21,24,44H2,1-5H3,(H,45,52)(H,46,49)(H,47,50)(H,48,51)/t25-,33-,34-,35?/m0/s1. The number of ether oxygens (including phenoxy) is 3. The second-order valence-electron chi connectivity index (χ2n) is 13.9. The molecule has 296 valence electrons. The van der Waals surface area contributed by atoms with Gasteiger partial charge in [-0.05, 0) is 90.4 Å². The Hall–Kier alpha value is -5.95. The molecule has 13 nitrogen and oxygen atoms in total. The van der Waals surface area contributed by atoms with Crippen LogP contribution in [0.4, 0.5) is 0 Å². The maximum Gasteiger partial charge on any atom is 0.328 e. The molecule has 4 amide bonds. The number of hydrogen-bond donors (Lipinski definition) is 5. The second kappa shape index (κ2) is 19.1. The van der Waals surface area contributed by atoms with Gasteiger partial charge in [-0.15, -0.1) is 0 Å². The molecule has 1 heterocycles. The molecule has 0 saturated heterocycles. The summed E-state index contributed by atoms with van der Waals surface area (Å²) in [6.45, 7) is 3.19. The summed E-state index contributed by atoms with van der Waals surface area (Å²) in [5.41, 5.74) is 8.72. The molecule has 1 aliphatic heterocycles. The highest BCUT2D eigenvalue weighted by Crippen LogP contribution is 2.48. The number of nitrogens with two attached hydrogens (primary N) is 1. The normalized spacial score (nSPS) is 19.6. The van der Waals surface area contributed by atoms with Crippen molar-refractivity contribution < 1.29 is 38.2 Å². The number of amides is 4. The van der Waals surface area contributed by atoms with E-state index in [1.807, 2.05) is 60.7 Å². The zero-order valence-electron chi connectivity index (χ0n) is 32.5. The first-order chi connectivity index (χ1) is 27.0. The summed E-state index contributed by atoms with van der Waals surface area (Å²) in [6, 6.07) is 15.5. The molecule has 0 radical (unpaired) electrons. The molecule has 0 spiro atoms. The number of methoxy groups -OCH3 is 3. The Labute approximate surface area is 326 Å². The molecule has 4 bridgehead atoms. The van der Waals surface area contributed by atoms with Crippen molar-refractivity contribution >= 4 is 51.1 Å². The molecule has 0 fully saturated rings. The van der Waals surface area contributed by atoms with Gasteiger partial charge in [0, 0.05) is 24.5 Å². The predicted molar refractivity (Wildman–Crippen MR) is 215 cm³/mol. The third-order valence-corrected chi connectivity index (χ3v) is 9.94. The van der Waals surface area contributed by atoms with Gasteiger partial charge in [-0.3, -0.25) is 19.2 Å². The van der Waals surface area contributed by atoms with E-state index in [0.717, 1.165) is 38.2 Å². The van der Waals surface area contributed by atoms with Crippen molar-refractivity contribution in [3.05, 3.63) is 83.9 Å². The number of hydrogen-bond acceptors (Lipinski definition) is 9. The minimum Gasteiger partial charge on any atom is -0.496 e. The van der Waals surface area contributed by atoms with Crippen LogP contribution in [0.3, 0.4) is 0 Å². The molecule has 4 aromatic rings. The molecule has 6 N–H and O–H groups in total. The van der Waals surface area contributed by atoms with Crippen LogP contribution in [0.2, 0.25) is 0 Å². The van der Waals surface area contributed by atoms with E-state index < -0.39 is 53.8 Å². The average molecular weight is 766 g/mol. The number of carbonyl (C=O) groups excluding carboxylic acids is 5. The first-order valence-corrected chi connectivity index (χ1v) is 18.8. The lowest BCUT2D eigenvalue weighted by Crippen LogP contribution is -2.57. The number of benzene rings is 4. The SMILES string of the molecule is COC(=O)[C@@H]1CC=CCc2cc3ccccc3c(c2OC)-c2c(OC)c(cc3ccccc23)CC(NC(C)=O)C(=O)N[C@@H](C)C(=O)N[C@@H](CCCCN)C(=O)N1.